The van der Waals surface area contributed by atoms with Crippen LogP contribution in [-0.2, 0) is 17.8 Å². The van der Waals surface area contributed by atoms with Gasteiger partial charge in [0.05, 0.1) is 12.1 Å². The number of aliphatic imine (C=N–C) groups is 1. The van der Waals surface area contributed by atoms with E-state index in [0.29, 0.717) is 48.7 Å². The van der Waals surface area contributed by atoms with Gasteiger partial charge in [0.25, 0.3) is 5.56 Å². The summed E-state index contributed by atoms with van der Waals surface area (Å²) >= 11 is 0. The first-order chi connectivity index (χ1) is 17.6. The van der Waals surface area contributed by atoms with Crippen molar-refractivity contribution in [2.45, 2.75) is 45.9 Å². The van der Waals surface area contributed by atoms with Gasteiger partial charge in [-0.1, -0.05) is 44.2 Å². The van der Waals surface area contributed by atoms with E-state index < -0.39 is 0 Å². The second-order valence-corrected chi connectivity index (χ2v) is 8.90. The van der Waals surface area contributed by atoms with Crippen molar-refractivity contribution >= 4 is 16.9 Å². The topological polar surface area (TPSA) is 90.6 Å². The molecule has 1 aliphatic rings. The maximum Gasteiger partial charge on any atom is 0.331 e. The standard InChI is InChI=1S/C28H30N4O4/c1-3-14-31-23-16-22(30-26(23)27(33)32(15-4-2)28(31)34)19-10-12-21(13-11-19)35-18-25-29-17-24(36-25)20-8-6-5-7-9-20/h5-13,16,24,30H,3-4,14-15,17-18H2,1-2H3. The number of hydrogen-bond acceptors (Lipinski definition) is 5. The van der Waals surface area contributed by atoms with Gasteiger partial charge in [0.1, 0.15) is 17.4 Å². The Hall–Kier alpha value is -4.07. The van der Waals surface area contributed by atoms with Crippen molar-refractivity contribution in [1.82, 2.24) is 14.1 Å². The Morgan fingerprint density at radius 2 is 1.72 bits per heavy atom. The second kappa shape index (κ2) is 10.3. The number of benzene rings is 2. The highest BCUT2D eigenvalue weighted by Crippen LogP contribution is 2.26. The van der Waals surface area contributed by atoms with Crippen LogP contribution in [0.1, 0.15) is 38.4 Å². The number of aromatic amines is 1. The molecule has 1 aliphatic heterocycles. The zero-order chi connectivity index (χ0) is 25.1. The van der Waals surface area contributed by atoms with Crippen LogP contribution in [0.15, 0.2) is 75.2 Å². The fourth-order valence-corrected chi connectivity index (χ4v) is 4.53. The number of H-pyrrole nitrogens is 1. The molecule has 2 aromatic heterocycles. The Bertz CT molecular complexity index is 1500. The maximum atomic E-state index is 13.0. The molecule has 0 saturated heterocycles. The van der Waals surface area contributed by atoms with Crippen LogP contribution in [-0.4, -0.2) is 33.2 Å². The van der Waals surface area contributed by atoms with Crippen molar-refractivity contribution < 1.29 is 9.47 Å². The third kappa shape index (κ3) is 4.58. The summed E-state index contributed by atoms with van der Waals surface area (Å²) in [6.07, 6.45) is 1.44. The minimum atomic E-state index is -0.276. The molecule has 0 bridgehead atoms. The van der Waals surface area contributed by atoms with E-state index in [9.17, 15) is 9.59 Å². The molecule has 0 radical (unpaired) electrons. The fraction of sp³-hybridized carbons (Fsp3) is 0.321. The predicted molar refractivity (Wildman–Crippen MR) is 141 cm³/mol. The van der Waals surface area contributed by atoms with Crippen LogP contribution in [0.3, 0.4) is 0 Å². The summed E-state index contributed by atoms with van der Waals surface area (Å²) in [5, 5.41) is 0. The minimum absolute atomic E-state index is 0.0683. The first-order valence-corrected chi connectivity index (χ1v) is 12.4. The van der Waals surface area contributed by atoms with E-state index in [-0.39, 0.29) is 24.0 Å². The van der Waals surface area contributed by atoms with Crippen LogP contribution in [0.5, 0.6) is 5.75 Å². The van der Waals surface area contributed by atoms with Gasteiger partial charge >= 0.3 is 5.69 Å². The number of hydrogen-bond donors (Lipinski definition) is 1. The van der Waals surface area contributed by atoms with Crippen LogP contribution >= 0.6 is 0 Å². The SMILES string of the molecule is CCCn1c(=O)c2[nH]c(-c3ccc(OCC4=NCC(c5ccccc5)O4)cc3)cc2n(CCC)c1=O. The molecule has 0 amide bonds. The molecular formula is C28H30N4O4. The van der Waals surface area contributed by atoms with E-state index in [0.717, 1.165) is 23.2 Å². The lowest BCUT2D eigenvalue weighted by molar-refractivity contribution is 0.209. The molecule has 3 heterocycles. The average molecular weight is 487 g/mol. The van der Waals surface area contributed by atoms with Gasteiger partial charge in [0.15, 0.2) is 6.61 Å². The molecule has 186 valence electrons. The molecule has 0 spiro atoms. The van der Waals surface area contributed by atoms with E-state index in [1.54, 1.807) is 4.57 Å². The summed E-state index contributed by atoms with van der Waals surface area (Å²) in [6, 6.07) is 19.5. The van der Waals surface area contributed by atoms with E-state index in [1.807, 2.05) is 74.5 Å². The number of nitrogens with zero attached hydrogens (tertiary/aromatic N) is 3. The van der Waals surface area contributed by atoms with Crippen LogP contribution in [0.4, 0.5) is 0 Å². The first kappa shape index (κ1) is 23.7. The van der Waals surface area contributed by atoms with Gasteiger partial charge in [0, 0.05) is 18.8 Å². The molecule has 5 rings (SSSR count). The molecule has 1 unspecified atom stereocenters. The van der Waals surface area contributed by atoms with Gasteiger partial charge in [0.2, 0.25) is 5.90 Å². The quantitative estimate of drug-likeness (QED) is 0.376. The lowest BCUT2D eigenvalue weighted by atomic mass is 10.1. The summed E-state index contributed by atoms with van der Waals surface area (Å²) in [4.78, 5) is 33.6. The molecule has 0 aliphatic carbocycles. The highest BCUT2D eigenvalue weighted by atomic mass is 16.5. The Labute approximate surface area is 208 Å². The Kier molecular flexibility index (Phi) is 6.75. The van der Waals surface area contributed by atoms with Crippen LogP contribution in [0, 0.1) is 0 Å². The molecule has 36 heavy (non-hydrogen) atoms. The number of aromatic nitrogens is 3. The Morgan fingerprint density at radius 3 is 2.44 bits per heavy atom. The number of fused-ring (bicyclic) bond motifs is 1. The maximum absolute atomic E-state index is 13.0. The van der Waals surface area contributed by atoms with Crippen molar-refractivity contribution in [1.29, 1.82) is 0 Å². The largest absolute Gasteiger partial charge is 0.484 e. The highest BCUT2D eigenvalue weighted by molar-refractivity contribution is 5.82. The molecular weight excluding hydrogens is 456 g/mol. The van der Waals surface area contributed by atoms with Gasteiger partial charge in [-0.15, -0.1) is 0 Å². The highest BCUT2D eigenvalue weighted by Gasteiger charge is 2.21. The Balaban J connectivity index is 1.32. The monoisotopic (exact) mass is 486 g/mol. The average Bonchev–Trinajstić information content (AvgIpc) is 3.57. The molecule has 0 saturated carbocycles. The number of aryl methyl sites for hydroxylation is 1. The lowest BCUT2D eigenvalue weighted by Gasteiger charge is -2.12. The second-order valence-electron chi connectivity index (χ2n) is 8.90. The van der Waals surface area contributed by atoms with Gasteiger partial charge in [-0.3, -0.25) is 13.9 Å². The molecule has 2 aromatic carbocycles. The van der Waals surface area contributed by atoms with Crippen molar-refractivity contribution in [3.05, 3.63) is 87.1 Å². The van der Waals surface area contributed by atoms with Crippen LogP contribution in [0.25, 0.3) is 22.3 Å². The van der Waals surface area contributed by atoms with Crippen molar-refractivity contribution in [3.63, 3.8) is 0 Å². The third-order valence-corrected chi connectivity index (χ3v) is 6.31. The van der Waals surface area contributed by atoms with E-state index in [2.05, 4.69) is 9.98 Å². The van der Waals surface area contributed by atoms with Crippen molar-refractivity contribution in [2.24, 2.45) is 4.99 Å². The molecule has 1 atom stereocenters. The van der Waals surface area contributed by atoms with Crippen LogP contribution < -0.4 is 16.0 Å². The van der Waals surface area contributed by atoms with Gasteiger partial charge < -0.3 is 14.5 Å². The summed E-state index contributed by atoms with van der Waals surface area (Å²) in [5.41, 5.74) is 3.34. The van der Waals surface area contributed by atoms with Gasteiger partial charge in [-0.25, -0.2) is 9.79 Å². The van der Waals surface area contributed by atoms with E-state index in [1.165, 1.54) is 4.57 Å². The number of ether oxygens (including phenoxy) is 2. The summed E-state index contributed by atoms with van der Waals surface area (Å²) in [6.45, 7) is 5.78. The minimum Gasteiger partial charge on any atom is -0.484 e. The lowest BCUT2D eigenvalue weighted by Crippen LogP contribution is -2.39. The molecule has 8 heteroatoms. The Morgan fingerprint density at radius 1 is 1.00 bits per heavy atom. The molecule has 4 aromatic rings. The molecule has 1 N–H and O–H groups in total. The smallest absolute Gasteiger partial charge is 0.331 e. The van der Waals surface area contributed by atoms with Gasteiger partial charge in [-0.05, 0) is 54.3 Å². The summed E-state index contributed by atoms with van der Waals surface area (Å²) in [7, 11) is 0. The van der Waals surface area contributed by atoms with Gasteiger partial charge in [-0.2, -0.15) is 0 Å². The number of nitrogens with one attached hydrogen (secondary N) is 1. The normalized spacial score (nSPS) is 15.2. The number of rotatable bonds is 9. The third-order valence-electron chi connectivity index (χ3n) is 6.31. The summed E-state index contributed by atoms with van der Waals surface area (Å²) in [5.74, 6) is 1.28. The zero-order valence-electron chi connectivity index (χ0n) is 20.6. The predicted octanol–water partition coefficient (Wildman–Crippen LogP) is 4.53. The first-order valence-electron chi connectivity index (χ1n) is 12.4. The zero-order valence-corrected chi connectivity index (χ0v) is 20.6. The fourth-order valence-electron chi connectivity index (χ4n) is 4.53. The van der Waals surface area contributed by atoms with Crippen molar-refractivity contribution in [2.75, 3.05) is 13.2 Å². The molecule has 0 fully saturated rings. The van der Waals surface area contributed by atoms with Crippen molar-refractivity contribution in [3.8, 4) is 17.0 Å². The summed E-state index contributed by atoms with van der Waals surface area (Å²) < 4.78 is 14.8. The van der Waals surface area contributed by atoms with E-state index >= 15 is 0 Å². The van der Waals surface area contributed by atoms with Crippen LogP contribution in [0.2, 0.25) is 0 Å². The molecule has 8 nitrogen and oxygen atoms in total. The van der Waals surface area contributed by atoms with E-state index in [4.69, 9.17) is 9.47 Å².